The molecule has 3 aliphatic rings. The normalized spacial score (nSPS) is 25.6. The molecule has 1 saturated heterocycles. The Morgan fingerprint density at radius 2 is 1.89 bits per heavy atom. The number of carbonyl (C=O) groups excluding carboxylic acids is 1. The number of hydrogen-bond acceptors (Lipinski definition) is 14. The molecule has 0 radical (unpaired) electrons. The molecule has 23 heteroatoms. The van der Waals surface area contributed by atoms with Crippen molar-refractivity contribution < 1.29 is 59.7 Å². The second-order valence-corrected chi connectivity index (χ2v) is 16.9. The molecule has 1 saturated carbocycles. The van der Waals surface area contributed by atoms with E-state index in [-0.39, 0.29) is 39.9 Å². The van der Waals surface area contributed by atoms with Gasteiger partial charge in [0, 0.05) is 16.6 Å². The number of fused-ring (bicyclic) bond motifs is 2. The van der Waals surface area contributed by atoms with Gasteiger partial charge < -0.3 is 24.2 Å². The summed E-state index contributed by atoms with van der Waals surface area (Å²) in [5.41, 5.74) is -3.42. The molecule has 7 rings (SSSR count). The molecule has 4 unspecified atom stereocenters. The number of aromatic nitrogens is 4. The molecule has 4 aromatic rings. The summed E-state index contributed by atoms with van der Waals surface area (Å²) in [6.07, 6.45) is -4.58. The summed E-state index contributed by atoms with van der Waals surface area (Å²) in [5.74, 6) is -1.00. The number of hydrazine groups is 1. The Kier molecular flexibility index (Phi) is 9.93. The standard InChI is InChI=1S/C31H32ClF3N7O10PS/c1-30(45)25(43)22(51-29(30)41-15-38-24-26(41)36-14-37-27(24)42(17-8-9-17)40-54(2,47)48)13-50-53(46,52-18-10-6-16(32)7-11-18)39-23-19-4-3-5-21(31(33,34)35)20(19)12-49-28(23)44/h3-7,10-11,14-15,17,22-23,25,29,40,43,45H,8-9,12-13H2,1-2H3,(H,39,46)/t22?,23?,25-,29?,30-,53?/m1/s1. The number of cyclic esters (lactones) is 1. The van der Waals surface area contributed by atoms with Crippen LogP contribution in [-0.2, 0) is 46.2 Å². The Balaban J connectivity index is 1.17. The number of imidazole rings is 1. The van der Waals surface area contributed by atoms with Crippen molar-refractivity contribution >= 4 is 52.3 Å². The van der Waals surface area contributed by atoms with E-state index in [0.717, 1.165) is 24.7 Å². The van der Waals surface area contributed by atoms with E-state index in [4.69, 9.17) is 30.1 Å². The lowest BCUT2D eigenvalue weighted by Crippen LogP contribution is -2.44. The van der Waals surface area contributed by atoms with Crippen LogP contribution < -0.4 is 19.5 Å². The fourth-order valence-electron chi connectivity index (χ4n) is 6.20. The lowest BCUT2D eigenvalue weighted by atomic mass is 9.94. The van der Waals surface area contributed by atoms with Gasteiger partial charge in [0.25, 0.3) is 0 Å². The maximum Gasteiger partial charge on any atom is 0.459 e. The van der Waals surface area contributed by atoms with Gasteiger partial charge in [-0.05, 0) is 55.7 Å². The van der Waals surface area contributed by atoms with Crippen LogP contribution in [0.5, 0.6) is 5.75 Å². The van der Waals surface area contributed by atoms with Crippen LogP contribution >= 0.6 is 19.3 Å². The van der Waals surface area contributed by atoms with E-state index in [2.05, 4.69) is 24.9 Å². The molecule has 2 aromatic heterocycles. The molecule has 54 heavy (non-hydrogen) atoms. The number of ether oxygens (including phenoxy) is 2. The van der Waals surface area contributed by atoms with Gasteiger partial charge in [0.15, 0.2) is 23.2 Å². The van der Waals surface area contributed by atoms with Crippen molar-refractivity contribution in [2.45, 2.75) is 68.7 Å². The molecule has 0 amide bonds. The number of nitrogens with zero attached hydrogens (tertiary/aromatic N) is 5. The summed E-state index contributed by atoms with van der Waals surface area (Å²) in [6, 6.07) is 6.67. The zero-order chi connectivity index (χ0) is 38.8. The van der Waals surface area contributed by atoms with Gasteiger partial charge in [-0.15, -0.1) is 4.83 Å². The third-order valence-corrected chi connectivity index (χ3v) is 11.2. The molecule has 0 spiro atoms. The summed E-state index contributed by atoms with van der Waals surface area (Å²) < 4.78 is 104. The minimum atomic E-state index is -4.80. The molecule has 1 aliphatic carbocycles. The van der Waals surface area contributed by atoms with Crippen molar-refractivity contribution in [2.75, 3.05) is 17.9 Å². The van der Waals surface area contributed by atoms with Crippen molar-refractivity contribution in [1.82, 2.24) is 29.4 Å². The Morgan fingerprint density at radius 1 is 1.17 bits per heavy atom. The average Bonchev–Trinajstić information content (AvgIpc) is 3.82. The first kappa shape index (κ1) is 38.4. The number of anilines is 1. The van der Waals surface area contributed by atoms with Crippen LogP contribution in [0.3, 0.4) is 0 Å². The number of aliphatic hydroxyl groups excluding tert-OH is 1. The van der Waals surface area contributed by atoms with E-state index in [0.29, 0.717) is 17.9 Å². The van der Waals surface area contributed by atoms with Gasteiger partial charge in [-0.3, -0.25) is 14.1 Å². The quantitative estimate of drug-likeness (QED) is 0.0914. The van der Waals surface area contributed by atoms with Crippen LogP contribution in [0.2, 0.25) is 5.02 Å². The first-order valence-electron chi connectivity index (χ1n) is 16.2. The highest BCUT2D eigenvalue weighted by molar-refractivity contribution is 7.88. The highest BCUT2D eigenvalue weighted by Gasteiger charge is 2.54. The Labute approximate surface area is 310 Å². The highest BCUT2D eigenvalue weighted by atomic mass is 35.5. The molecule has 4 N–H and O–H groups in total. The van der Waals surface area contributed by atoms with Crippen molar-refractivity contribution in [1.29, 1.82) is 0 Å². The van der Waals surface area contributed by atoms with E-state index < -0.39 is 78.8 Å². The van der Waals surface area contributed by atoms with E-state index in [1.54, 1.807) is 0 Å². The van der Waals surface area contributed by atoms with E-state index in [1.807, 2.05) is 0 Å². The smallest absolute Gasteiger partial charge is 0.459 e. The minimum Gasteiger partial charge on any atom is -0.459 e. The van der Waals surface area contributed by atoms with E-state index in [1.165, 1.54) is 53.2 Å². The second-order valence-electron chi connectivity index (χ2n) is 13.1. The van der Waals surface area contributed by atoms with Crippen molar-refractivity contribution in [3.05, 3.63) is 76.8 Å². The van der Waals surface area contributed by atoms with Crippen LogP contribution in [0.4, 0.5) is 19.0 Å². The number of carbonyl (C=O) groups is 1. The Bertz CT molecular complexity index is 2240. The number of rotatable bonds is 12. The molecule has 17 nitrogen and oxygen atoms in total. The van der Waals surface area contributed by atoms with Gasteiger partial charge in [-0.1, -0.05) is 23.7 Å². The maximum absolute atomic E-state index is 14.4. The number of alkyl halides is 3. The molecule has 6 atom stereocenters. The number of esters is 1. The first-order chi connectivity index (χ1) is 25.3. The predicted octanol–water partition coefficient (Wildman–Crippen LogP) is 3.53. The molecule has 2 fully saturated rings. The number of hydrogen-bond donors (Lipinski definition) is 4. The third-order valence-electron chi connectivity index (χ3n) is 8.91. The molecule has 0 bridgehead atoms. The van der Waals surface area contributed by atoms with Crippen molar-refractivity contribution in [3.8, 4) is 5.75 Å². The first-order valence-corrected chi connectivity index (χ1v) is 20.0. The number of sulfonamides is 1. The van der Waals surface area contributed by atoms with Gasteiger partial charge in [-0.25, -0.2) is 32.7 Å². The second kappa shape index (κ2) is 14.0. The number of benzene rings is 2. The fraction of sp³-hybridized carbons (Fsp3) is 0.419. The van der Waals surface area contributed by atoms with E-state index >= 15 is 0 Å². The van der Waals surface area contributed by atoms with Crippen LogP contribution in [0.1, 0.15) is 48.7 Å². The zero-order valence-corrected chi connectivity index (χ0v) is 30.6. The molecule has 290 valence electrons. The topological polar surface area (TPSA) is 217 Å². The highest BCUT2D eigenvalue weighted by Crippen LogP contribution is 2.50. The lowest BCUT2D eigenvalue weighted by molar-refractivity contribution is -0.152. The van der Waals surface area contributed by atoms with Gasteiger partial charge in [-0.2, -0.15) is 18.3 Å². The molecule has 2 aromatic carbocycles. The number of halogens is 4. The number of aliphatic hydroxyl groups is 2. The average molecular weight is 818 g/mol. The summed E-state index contributed by atoms with van der Waals surface area (Å²) in [4.78, 5) is 28.2. The van der Waals surface area contributed by atoms with Crippen LogP contribution in [0.15, 0.2) is 55.1 Å². The SMILES string of the molecule is C[C@]1(O)C(n2cnc3c(N(NS(C)(=O)=O)C4CC4)ncnc32)OC(COP(=O)(NC2C(=O)OCc3c2cccc3C(F)(F)F)Oc2ccc(Cl)cc2)[C@H]1O. The van der Waals surface area contributed by atoms with Gasteiger partial charge in [0.1, 0.15) is 42.5 Å². The Hall–Kier alpha value is -3.92. The largest absolute Gasteiger partial charge is 0.459 e. The maximum atomic E-state index is 14.4. The summed E-state index contributed by atoms with van der Waals surface area (Å²) in [7, 11) is -8.51. The molecule has 2 aliphatic heterocycles. The Morgan fingerprint density at radius 3 is 2.56 bits per heavy atom. The monoisotopic (exact) mass is 817 g/mol. The summed E-state index contributed by atoms with van der Waals surface area (Å²) in [5, 5.41) is 26.9. The van der Waals surface area contributed by atoms with Gasteiger partial charge in [0.05, 0.1) is 24.8 Å². The summed E-state index contributed by atoms with van der Waals surface area (Å²) >= 11 is 5.98. The van der Waals surface area contributed by atoms with Gasteiger partial charge >= 0.3 is 19.9 Å². The summed E-state index contributed by atoms with van der Waals surface area (Å²) in [6.45, 7) is -0.192. The zero-order valence-electron chi connectivity index (χ0n) is 28.2. The third kappa shape index (κ3) is 7.64. The van der Waals surface area contributed by atoms with E-state index in [9.17, 15) is 41.2 Å². The van der Waals surface area contributed by atoms with Crippen LogP contribution in [0, 0.1) is 0 Å². The fourth-order valence-corrected chi connectivity index (χ4v) is 8.40. The molecule has 4 heterocycles. The van der Waals surface area contributed by atoms with Crippen molar-refractivity contribution in [3.63, 3.8) is 0 Å². The molecular formula is C31H32ClF3N7O10PS. The van der Waals surface area contributed by atoms with Crippen molar-refractivity contribution in [2.24, 2.45) is 0 Å². The minimum absolute atomic E-state index is 0.0765. The predicted molar refractivity (Wildman–Crippen MR) is 182 cm³/mol. The van der Waals surface area contributed by atoms with Crippen LogP contribution in [-0.4, -0.2) is 80.8 Å². The lowest BCUT2D eigenvalue weighted by Gasteiger charge is -2.30. The number of nitrogens with one attached hydrogen (secondary N) is 2. The molecular weight excluding hydrogens is 786 g/mol. The van der Waals surface area contributed by atoms with Crippen LogP contribution in [0.25, 0.3) is 11.2 Å². The van der Waals surface area contributed by atoms with Gasteiger partial charge in [0.2, 0.25) is 10.0 Å².